The van der Waals surface area contributed by atoms with Crippen LogP contribution in [0.4, 0.5) is 0 Å². The minimum absolute atomic E-state index is 0.206. The summed E-state index contributed by atoms with van der Waals surface area (Å²) in [7, 11) is 0. The number of nitrogens with one attached hydrogen (secondary N) is 1. The molecule has 1 heterocycles. The molecule has 1 amide bonds. The van der Waals surface area contributed by atoms with Gasteiger partial charge in [-0.15, -0.1) is 6.58 Å². The van der Waals surface area contributed by atoms with Crippen LogP contribution in [0.1, 0.15) is 11.3 Å². The lowest BCUT2D eigenvalue weighted by atomic mass is 10.2. The molecule has 0 saturated carbocycles. The predicted molar refractivity (Wildman–Crippen MR) is 76.3 cm³/mol. The quantitative estimate of drug-likeness (QED) is 0.496. The zero-order chi connectivity index (χ0) is 14.4. The van der Waals surface area contributed by atoms with Gasteiger partial charge in [0.25, 0.3) is 0 Å². The average molecular weight is 271 g/mol. The van der Waals surface area contributed by atoms with E-state index in [0.717, 1.165) is 16.9 Å². The number of para-hydroxylation sites is 1. The summed E-state index contributed by atoms with van der Waals surface area (Å²) in [6, 6.07) is 9.79. The first-order valence-corrected chi connectivity index (χ1v) is 6.33. The van der Waals surface area contributed by atoms with Crippen LogP contribution in [0.5, 0.6) is 0 Å². The zero-order valence-corrected chi connectivity index (χ0v) is 11.4. The van der Waals surface area contributed by atoms with Gasteiger partial charge in [0.15, 0.2) is 0 Å². The number of benzene rings is 1. The average Bonchev–Trinajstić information content (AvgIpc) is 2.81. The van der Waals surface area contributed by atoms with Crippen LogP contribution in [0.15, 0.2) is 49.2 Å². The summed E-state index contributed by atoms with van der Waals surface area (Å²) in [6.45, 7) is 5.73. The molecule has 0 aliphatic carbocycles. The van der Waals surface area contributed by atoms with Gasteiger partial charge in [0.2, 0.25) is 5.91 Å². The highest BCUT2D eigenvalue weighted by molar-refractivity contribution is 5.77. The van der Waals surface area contributed by atoms with Crippen LogP contribution in [0, 0.1) is 6.92 Å². The number of carbonyl (C=O) groups is 1. The third-order valence-corrected chi connectivity index (χ3v) is 2.85. The van der Waals surface area contributed by atoms with E-state index in [1.807, 2.05) is 41.9 Å². The van der Waals surface area contributed by atoms with Crippen LogP contribution in [0.3, 0.4) is 0 Å². The number of hydroxylamine groups is 1. The Kier molecular flexibility index (Phi) is 4.68. The normalized spacial score (nSPS) is 10.2. The highest BCUT2D eigenvalue weighted by atomic mass is 16.6. The van der Waals surface area contributed by atoms with Crippen molar-refractivity contribution in [3.8, 4) is 5.69 Å². The molecule has 104 valence electrons. The molecular formula is C15H17N3O2. The van der Waals surface area contributed by atoms with Crippen LogP contribution >= 0.6 is 0 Å². The molecule has 1 aromatic carbocycles. The molecule has 5 nitrogen and oxygen atoms in total. The SMILES string of the molecule is C=CCONC(=O)Cc1cnn(-c2ccccc2)c1C. The zero-order valence-electron chi connectivity index (χ0n) is 11.4. The Morgan fingerprint density at radius 1 is 1.45 bits per heavy atom. The molecule has 0 fully saturated rings. The van der Waals surface area contributed by atoms with E-state index in [-0.39, 0.29) is 18.9 Å². The number of amides is 1. The Morgan fingerprint density at radius 2 is 2.20 bits per heavy atom. The fraction of sp³-hybridized carbons (Fsp3) is 0.200. The van der Waals surface area contributed by atoms with Gasteiger partial charge in [-0.25, -0.2) is 10.2 Å². The van der Waals surface area contributed by atoms with Gasteiger partial charge in [-0.3, -0.25) is 9.63 Å². The smallest absolute Gasteiger partial charge is 0.248 e. The van der Waals surface area contributed by atoms with Crippen molar-refractivity contribution in [2.75, 3.05) is 6.61 Å². The Labute approximate surface area is 117 Å². The fourth-order valence-electron chi connectivity index (χ4n) is 1.84. The Bertz CT molecular complexity index is 590. The number of nitrogens with zero attached hydrogens (tertiary/aromatic N) is 2. The van der Waals surface area contributed by atoms with Crippen molar-refractivity contribution in [3.63, 3.8) is 0 Å². The monoisotopic (exact) mass is 271 g/mol. The minimum Gasteiger partial charge on any atom is -0.272 e. The van der Waals surface area contributed by atoms with Gasteiger partial charge in [0.05, 0.1) is 24.9 Å². The molecule has 0 aliphatic rings. The van der Waals surface area contributed by atoms with Crippen molar-refractivity contribution in [2.45, 2.75) is 13.3 Å². The molecule has 20 heavy (non-hydrogen) atoms. The Balaban J connectivity index is 2.06. The van der Waals surface area contributed by atoms with E-state index in [1.165, 1.54) is 0 Å². The van der Waals surface area contributed by atoms with Crippen LogP contribution in [-0.2, 0) is 16.1 Å². The first kappa shape index (κ1) is 14.0. The van der Waals surface area contributed by atoms with E-state index in [2.05, 4.69) is 17.2 Å². The van der Waals surface area contributed by atoms with E-state index in [9.17, 15) is 4.79 Å². The van der Waals surface area contributed by atoms with Gasteiger partial charge in [-0.05, 0) is 19.1 Å². The molecule has 1 aromatic heterocycles. The highest BCUT2D eigenvalue weighted by Gasteiger charge is 2.11. The third-order valence-electron chi connectivity index (χ3n) is 2.85. The molecule has 2 aromatic rings. The molecule has 0 unspecified atom stereocenters. The first-order chi connectivity index (χ1) is 9.72. The van der Waals surface area contributed by atoms with E-state index in [0.29, 0.717) is 0 Å². The van der Waals surface area contributed by atoms with Crippen molar-refractivity contribution in [2.24, 2.45) is 0 Å². The maximum absolute atomic E-state index is 11.7. The number of carbonyl (C=O) groups excluding carboxylic acids is 1. The molecule has 0 aliphatic heterocycles. The van der Waals surface area contributed by atoms with Crippen LogP contribution in [-0.4, -0.2) is 22.3 Å². The van der Waals surface area contributed by atoms with Gasteiger partial charge >= 0.3 is 0 Å². The van der Waals surface area contributed by atoms with E-state index in [1.54, 1.807) is 12.3 Å². The number of aromatic nitrogens is 2. The molecule has 2 rings (SSSR count). The summed E-state index contributed by atoms with van der Waals surface area (Å²) in [5.74, 6) is -0.206. The third kappa shape index (κ3) is 3.33. The van der Waals surface area contributed by atoms with Gasteiger partial charge in [-0.2, -0.15) is 5.10 Å². The molecule has 0 saturated heterocycles. The second-order valence-corrected chi connectivity index (χ2v) is 4.30. The molecule has 0 atom stereocenters. The molecule has 0 bridgehead atoms. The minimum atomic E-state index is -0.206. The summed E-state index contributed by atoms with van der Waals surface area (Å²) in [4.78, 5) is 16.6. The van der Waals surface area contributed by atoms with Crippen molar-refractivity contribution in [1.82, 2.24) is 15.3 Å². The van der Waals surface area contributed by atoms with Crippen molar-refractivity contribution >= 4 is 5.91 Å². The summed E-state index contributed by atoms with van der Waals surface area (Å²) in [6.07, 6.45) is 3.50. The predicted octanol–water partition coefficient (Wildman–Crippen LogP) is 1.96. The summed E-state index contributed by atoms with van der Waals surface area (Å²) in [5, 5.41) is 4.32. The topological polar surface area (TPSA) is 56.1 Å². The van der Waals surface area contributed by atoms with Crippen LogP contribution in [0.2, 0.25) is 0 Å². The molecular weight excluding hydrogens is 254 g/mol. The highest BCUT2D eigenvalue weighted by Crippen LogP contribution is 2.14. The molecule has 1 N–H and O–H groups in total. The standard InChI is InChI=1S/C15H17N3O2/c1-3-9-20-17-15(19)10-13-11-16-18(12(13)2)14-7-5-4-6-8-14/h3-8,11H,1,9-10H2,2H3,(H,17,19). The summed E-state index contributed by atoms with van der Waals surface area (Å²) in [5.41, 5.74) is 5.14. The second-order valence-electron chi connectivity index (χ2n) is 4.30. The fourth-order valence-corrected chi connectivity index (χ4v) is 1.84. The van der Waals surface area contributed by atoms with Gasteiger partial charge < -0.3 is 0 Å². The molecule has 0 spiro atoms. The number of rotatable bonds is 6. The van der Waals surface area contributed by atoms with E-state index < -0.39 is 0 Å². The summed E-state index contributed by atoms with van der Waals surface area (Å²) < 4.78 is 1.81. The lowest BCUT2D eigenvalue weighted by molar-refractivity contribution is -0.131. The van der Waals surface area contributed by atoms with Gasteiger partial charge in [0, 0.05) is 11.3 Å². The summed E-state index contributed by atoms with van der Waals surface area (Å²) >= 11 is 0. The largest absolute Gasteiger partial charge is 0.272 e. The second kappa shape index (κ2) is 6.68. The molecule has 0 radical (unpaired) electrons. The lowest BCUT2D eigenvalue weighted by Gasteiger charge is -2.06. The maximum Gasteiger partial charge on any atom is 0.248 e. The van der Waals surface area contributed by atoms with Crippen molar-refractivity contribution in [1.29, 1.82) is 0 Å². The van der Waals surface area contributed by atoms with Crippen molar-refractivity contribution in [3.05, 3.63) is 60.4 Å². The first-order valence-electron chi connectivity index (χ1n) is 6.33. The lowest BCUT2D eigenvalue weighted by Crippen LogP contribution is -2.25. The Hall–Kier alpha value is -2.40. The maximum atomic E-state index is 11.7. The molecule has 5 heteroatoms. The number of hydrogen-bond donors (Lipinski definition) is 1. The van der Waals surface area contributed by atoms with E-state index >= 15 is 0 Å². The van der Waals surface area contributed by atoms with E-state index in [4.69, 9.17) is 4.84 Å². The number of hydrogen-bond acceptors (Lipinski definition) is 3. The van der Waals surface area contributed by atoms with Crippen LogP contribution in [0.25, 0.3) is 5.69 Å². The van der Waals surface area contributed by atoms with Gasteiger partial charge in [0.1, 0.15) is 0 Å². The van der Waals surface area contributed by atoms with Crippen LogP contribution < -0.4 is 5.48 Å². The van der Waals surface area contributed by atoms with Gasteiger partial charge in [-0.1, -0.05) is 24.3 Å². The van der Waals surface area contributed by atoms with Crippen molar-refractivity contribution < 1.29 is 9.63 Å². The Morgan fingerprint density at radius 3 is 2.90 bits per heavy atom.